The van der Waals surface area contributed by atoms with Crippen LogP contribution in [0, 0.1) is 0 Å². The molecule has 0 unspecified atom stereocenters. The van der Waals surface area contributed by atoms with Crippen molar-refractivity contribution < 1.29 is 9.53 Å². The van der Waals surface area contributed by atoms with Gasteiger partial charge in [0, 0.05) is 32.2 Å². The van der Waals surface area contributed by atoms with Crippen LogP contribution in [0.5, 0.6) is 0 Å². The summed E-state index contributed by atoms with van der Waals surface area (Å²) in [6, 6.07) is 21.4. The molecule has 0 radical (unpaired) electrons. The molecule has 0 atom stereocenters. The molecule has 4 rings (SSSR count). The first kappa shape index (κ1) is 22.3. The molecule has 0 spiro atoms. The SMILES string of the molecule is COCCNC(=O)c1ccc(Cn2c(Cc3ccccc3)nc3cc(Cl)c(Cl)cc32)cc1. The lowest BCUT2D eigenvalue weighted by Crippen LogP contribution is -2.26. The van der Waals surface area contributed by atoms with Crippen molar-refractivity contribution in [1.82, 2.24) is 14.9 Å². The van der Waals surface area contributed by atoms with Gasteiger partial charge in [0.15, 0.2) is 0 Å². The maximum Gasteiger partial charge on any atom is 0.251 e. The van der Waals surface area contributed by atoms with E-state index in [-0.39, 0.29) is 5.91 Å². The monoisotopic (exact) mass is 467 g/mol. The van der Waals surface area contributed by atoms with Crippen LogP contribution in [0.3, 0.4) is 0 Å². The zero-order chi connectivity index (χ0) is 22.5. The minimum atomic E-state index is -0.118. The van der Waals surface area contributed by atoms with Gasteiger partial charge in [0.25, 0.3) is 5.91 Å². The van der Waals surface area contributed by atoms with Crippen molar-refractivity contribution in [3.05, 3.63) is 99.3 Å². The Bertz CT molecular complexity index is 1220. The third kappa shape index (κ3) is 5.13. The Balaban J connectivity index is 1.63. The standard InChI is InChI=1S/C25H23Cl2N3O2/c1-32-12-11-28-25(31)19-9-7-18(8-10-19)16-30-23-15-21(27)20(26)14-22(23)29-24(30)13-17-5-3-2-4-6-17/h2-10,14-15H,11-13,16H2,1H3,(H,28,31). The molecule has 1 amide bonds. The van der Waals surface area contributed by atoms with Gasteiger partial charge in [-0.25, -0.2) is 4.98 Å². The largest absolute Gasteiger partial charge is 0.383 e. The third-order valence-corrected chi connectivity index (χ3v) is 5.95. The van der Waals surface area contributed by atoms with Crippen LogP contribution in [0.2, 0.25) is 10.0 Å². The lowest BCUT2D eigenvalue weighted by molar-refractivity contribution is 0.0937. The lowest BCUT2D eigenvalue weighted by atomic mass is 10.1. The van der Waals surface area contributed by atoms with Gasteiger partial charge in [0.05, 0.1) is 27.7 Å². The molecule has 164 valence electrons. The van der Waals surface area contributed by atoms with E-state index in [4.69, 9.17) is 32.9 Å². The van der Waals surface area contributed by atoms with Crippen molar-refractivity contribution >= 4 is 40.1 Å². The number of hydrogen-bond acceptors (Lipinski definition) is 3. The van der Waals surface area contributed by atoms with E-state index in [0.717, 1.165) is 22.4 Å². The number of ether oxygens (including phenoxy) is 1. The minimum Gasteiger partial charge on any atom is -0.383 e. The summed E-state index contributed by atoms with van der Waals surface area (Å²) in [6.45, 7) is 1.56. The maximum absolute atomic E-state index is 12.2. The number of fused-ring (bicyclic) bond motifs is 1. The molecule has 3 aromatic carbocycles. The Morgan fingerprint density at radius 2 is 1.72 bits per heavy atom. The molecule has 32 heavy (non-hydrogen) atoms. The number of carbonyl (C=O) groups is 1. The second kappa shape index (κ2) is 10.2. The molecule has 5 nitrogen and oxygen atoms in total. The predicted octanol–water partition coefficient (Wildman–Crippen LogP) is 5.36. The number of nitrogens with zero attached hydrogens (tertiary/aromatic N) is 2. The maximum atomic E-state index is 12.2. The van der Waals surface area contributed by atoms with Crippen LogP contribution in [-0.2, 0) is 17.7 Å². The second-order valence-corrected chi connectivity index (χ2v) is 8.29. The van der Waals surface area contributed by atoms with E-state index in [1.807, 2.05) is 48.5 Å². The van der Waals surface area contributed by atoms with Crippen LogP contribution in [0.1, 0.15) is 27.3 Å². The molecule has 0 aliphatic heterocycles. The van der Waals surface area contributed by atoms with Gasteiger partial charge < -0.3 is 14.6 Å². The normalized spacial score (nSPS) is 11.1. The molecular formula is C25H23Cl2N3O2. The summed E-state index contributed by atoms with van der Waals surface area (Å²) in [7, 11) is 1.61. The van der Waals surface area contributed by atoms with E-state index in [0.29, 0.717) is 41.7 Å². The molecule has 0 bridgehead atoms. The summed E-state index contributed by atoms with van der Waals surface area (Å²) >= 11 is 12.5. The minimum absolute atomic E-state index is 0.118. The molecule has 4 aromatic rings. The number of rotatable bonds is 8. The molecule has 1 aromatic heterocycles. The van der Waals surface area contributed by atoms with E-state index in [1.54, 1.807) is 13.2 Å². The Hall–Kier alpha value is -2.86. The van der Waals surface area contributed by atoms with Crippen LogP contribution >= 0.6 is 23.2 Å². The Kier molecular flexibility index (Phi) is 7.10. The average molecular weight is 468 g/mol. The number of benzene rings is 3. The molecule has 1 N–H and O–H groups in total. The molecule has 0 saturated heterocycles. The Morgan fingerprint density at radius 3 is 2.44 bits per heavy atom. The lowest BCUT2D eigenvalue weighted by Gasteiger charge is -2.11. The smallest absolute Gasteiger partial charge is 0.251 e. The number of methoxy groups -OCH3 is 1. The highest BCUT2D eigenvalue weighted by Crippen LogP contribution is 2.29. The highest BCUT2D eigenvalue weighted by Gasteiger charge is 2.15. The van der Waals surface area contributed by atoms with E-state index >= 15 is 0 Å². The van der Waals surface area contributed by atoms with E-state index in [1.165, 1.54) is 5.56 Å². The van der Waals surface area contributed by atoms with Crippen molar-refractivity contribution in [2.24, 2.45) is 0 Å². The first-order valence-electron chi connectivity index (χ1n) is 10.3. The van der Waals surface area contributed by atoms with Crippen LogP contribution in [0.25, 0.3) is 11.0 Å². The van der Waals surface area contributed by atoms with E-state index in [9.17, 15) is 4.79 Å². The van der Waals surface area contributed by atoms with Gasteiger partial charge in [-0.3, -0.25) is 4.79 Å². The molecule has 1 heterocycles. The van der Waals surface area contributed by atoms with Crippen molar-refractivity contribution in [2.75, 3.05) is 20.3 Å². The summed E-state index contributed by atoms with van der Waals surface area (Å²) in [5.74, 6) is 0.804. The highest BCUT2D eigenvalue weighted by molar-refractivity contribution is 6.42. The number of halogens is 2. The fraction of sp³-hybridized carbons (Fsp3) is 0.200. The topological polar surface area (TPSA) is 56.1 Å². The number of nitrogens with one attached hydrogen (secondary N) is 1. The van der Waals surface area contributed by atoms with Crippen molar-refractivity contribution in [3.63, 3.8) is 0 Å². The highest BCUT2D eigenvalue weighted by atomic mass is 35.5. The van der Waals surface area contributed by atoms with Crippen LogP contribution in [0.4, 0.5) is 0 Å². The molecule has 0 aliphatic rings. The zero-order valence-electron chi connectivity index (χ0n) is 17.6. The molecular weight excluding hydrogens is 445 g/mol. The summed E-state index contributed by atoms with van der Waals surface area (Å²) < 4.78 is 7.12. The number of hydrogen-bond donors (Lipinski definition) is 1. The van der Waals surface area contributed by atoms with Gasteiger partial charge in [-0.2, -0.15) is 0 Å². The van der Waals surface area contributed by atoms with Crippen LogP contribution in [-0.4, -0.2) is 35.7 Å². The predicted molar refractivity (Wildman–Crippen MR) is 129 cm³/mol. The van der Waals surface area contributed by atoms with Gasteiger partial charge >= 0.3 is 0 Å². The quantitative estimate of drug-likeness (QED) is 0.355. The van der Waals surface area contributed by atoms with Gasteiger partial charge in [0.1, 0.15) is 5.82 Å². The number of carbonyl (C=O) groups excluding carboxylic acids is 1. The zero-order valence-corrected chi connectivity index (χ0v) is 19.2. The summed E-state index contributed by atoms with van der Waals surface area (Å²) in [5.41, 5.74) is 4.56. The first-order chi connectivity index (χ1) is 15.5. The molecule has 0 aliphatic carbocycles. The third-order valence-electron chi connectivity index (χ3n) is 5.22. The Morgan fingerprint density at radius 1 is 1.00 bits per heavy atom. The van der Waals surface area contributed by atoms with Crippen molar-refractivity contribution in [2.45, 2.75) is 13.0 Å². The summed E-state index contributed by atoms with van der Waals surface area (Å²) in [4.78, 5) is 17.1. The summed E-state index contributed by atoms with van der Waals surface area (Å²) in [5, 5.41) is 3.81. The van der Waals surface area contributed by atoms with Gasteiger partial charge in [-0.1, -0.05) is 65.7 Å². The second-order valence-electron chi connectivity index (χ2n) is 7.48. The van der Waals surface area contributed by atoms with E-state index in [2.05, 4.69) is 22.0 Å². The molecule has 0 saturated carbocycles. The van der Waals surface area contributed by atoms with E-state index < -0.39 is 0 Å². The van der Waals surface area contributed by atoms with Crippen molar-refractivity contribution in [1.29, 1.82) is 0 Å². The number of aromatic nitrogens is 2. The Labute approximate surface area is 196 Å². The fourth-order valence-corrected chi connectivity index (χ4v) is 3.89. The van der Waals surface area contributed by atoms with Crippen LogP contribution < -0.4 is 5.32 Å². The number of amides is 1. The molecule has 7 heteroatoms. The fourth-order valence-electron chi connectivity index (χ4n) is 3.57. The molecule has 0 fully saturated rings. The van der Waals surface area contributed by atoms with Gasteiger partial charge in [0.2, 0.25) is 0 Å². The van der Waals surface area contributed by atoms with Gasteiger partial charge in [-0.05, 0) is 35.4 Å². The van der Waals surface area contributed by atoms with Gasteiger partial charge in [-0.15, -0.1) is 0 Å². The first-order valence-corrected chi connectivity index (χ1v) is 11.0. The average Bonchev–Trinajstić information content (AvgIpc) is 3.11. The summed E-state index contributed by atoms with van der Waals surface area (Å²) in [6.07, 6.45) is 0.685. The number of imidazole rings is 1. The van der Waals surface area contributed by atoms with Crippen LogP contribution in [0.15, 0.2) is 66.7 Å². The van der Waals surface area contributed by atoms with Crippen molar-refractivity contribution in [3.8, 4) is 0 Å².